The van der Waals surface area contributed by atoms with Crippen molar-refractivity contribution in [1.29, 1.82) is 0 Å². The number of carbonyl (C=O) groups excluding carboxylic acids is 1. The van der Waals surface area contributed by atoms with E-state index in [0.29, 0.717) is 6.42 Å². The SMILES string of the molecule is NC(=O)C1(Cc2ccc(O)cc2)CC1. The lowest BCUT2D eigenvalue weighted by Gasteiger charge is -2.10. The average molecular weight is 191 g/mol. The van der Waals surface area contributed by atoms with E-state index in [2.05, 4.69) is 0 Å². The van der Waals surface area contributed by atoms with Crippen molar-refractivity contribution in [2.45, 2.75) is 19.3 Å². The first-order valence-electron chi connectivity index (χ1n) is 4.70. The van der Waals surface area contributed by atoms with Crippen LogP contribution < -0.4 is 5.73 Å². The van der Waals surface area contributed by atoms with Crippen LogP contribution in [0.1, 0.15) is 18.4 Å². The van der Waals surface area contributed by atoms with Gasteiger partial charge in [0.15, 0.2) is 0 Å². The fraction of sp³-hybridized carbons (Fsp3) is 0.364. The van der Waals surface area contributed by atoms with Gasteiger partial charge < -0.3 is 10.8 Å². The van der Waals surface area contributed by atoms with E-state index in [1.54, 1.807) is 12.1 Å². The summed E-state index contributed by atoms with van der Waals surface area (Å²) in [4.78, 5) is 11.1. The number of benzene rings is 1. The van der Waals surface area contributed by atoms with Crippen LogP contribution in [0.15, 0.2) is 24.3 Å². The number of carbonyl (C=O) groups is 1. The van der Waals surface area contributed by atoms with Crippen LogP contribution in [0.4, 0.5) is 0 Å². The summed E-state index contributed by atoms with van der Waals surface area (Å²) in [6.07, 6.45) is 2.48. The Bertz CT molecular complexity index is 352. The van der Waals surface area contributed by atoms with Gasteiger partial charge in [-0.2, -0.15) is 0 Å². The van der Waals surface area contributed by atoms with E-state index in [9.17, 15) is 4.79 Å². The number of phenolic OH excluding ortho intramolecular Hbond substituents is 1. The molecule has 0 saturated heterocycles. The van der Waals surface area contributed by atoms with Crippen LogP contribution in [0.3, 0.4) is 0 Å². The van der Waals surface area contributed by atoms with E-state index >= 15 is 0 Å². The number of aromatic hydroxyl groups is 1. The van der Waals surface area contributed by atoms with Gasteiger partial charge in [-0.25, -0.2) is 0 Å². The molecule has 1 aliphatic rings. The Morgan fingerprint density at radius 1 is 1.36 bits per heavy atom. The zero-order chi connectivity index (χ0) is 10.2. The Hall–Kier alpha value is -1.51. The summed E-state index contributed by atoms with van der Waals surface area (Å²) in [5.41, 5.74) is 6.08. The van der Waals surface area contributed by atoms with E-state index in [-0.39, 0.29) is 17.1 Å². The van der Waals surface area contributed by atoms with Crippen LogP contribution in [-0.4, -0.2) is 11.0 Å². The lowest BCUT2D eigenvalue weighted by atomic mass is 9.96. The molecule has 0 heterocycles. The Morgan fingerprint density at radius 2 is 1.93 bits per heavy atom. The first-order chi connectivity index (χ1) is 6.62. The van der Waals surface area contributed by atoms with Gasteiger partial charge in [0.1, 0.15) is 5.75 Å². The molecule has 3 N–H and O–H groups in total. The Balaban J connectivity index is 2.11. The molecule has 3 nitrogen and oxygen atoms in total. The predicted octanol–water partition coefficient (Wildman–Crippen LogP) is 1.20. The number of amides is 1. The van der Waals surface area contributed by atoms with Crippen LogP contribution >= 0.6 is 0 Å². The molecular formula is C11H13NO2. The van der Waals surface area contributed by atoms with Crippen molar-refractivity contribution in [2.24, 2.45) is 11.1 Å². The minimum absolute atomic E-state index is 0.203. The normalized spacial score (nSPS) is 17.7. The number of primary amides is 1. The van der Waals surface area contributed by atoms with Gasteiger partial charge in [-0.05, 0) is 37.0 Å². The highest BCUT2D eigenvalue weighted by Crippen LogP contribution is 2.48. The molecule has 0 aromatic heterocycles. The summed E-state index contributed by atoms with van der Waals surface area (Å²) in [6.45, 7) is 0. The average Bonchev–Trinajstić information content (AvgIpc) is 2.90. The molecule has 0 unspecified atom stereocenters. The maximum atomic E-state index is 11.1. The van der Waals surface area contributed by atoms with Gasteiger partial charge in [0, 0.05) is 0 Å². The van der Waals surface area contributed by atoms with E-state index in [1.165, 1.54) is 0 Å². The van der Waals surface area contributed by atoms with Gasteiger partial charge in [0.05, 0.1) is 5.41 Å². The Labute approximate surface area is 82.5 Å². The van der Waals surface area contributed by atoms with Crippen LogP contribution in [0, 0.1) is 5.41 Å². The van der Waals surface area contributed by atoms with Crippen molar-refractivity contribution in [3.8, 4) is 5.75 Å². The van der Waals surface area contributed by atoms with Gasteiger partial charge >= 0.3 is 0 Å². The lowest BCUT2D eigenvalue weighted by molar-refractivity contribution is -0.123. The van der Waals surface area contributed by atoms with Crippen molar-refractivity contribution >= 4 is 5.91 Å². The molecule has 0 bridgehead atoms. The van der Waals surface area contributed by atoms with Crippen molar-refractivity contribution in [1.82, 2.24) is 0 Å². The lowest BCUT2D eigenvalue weighted by Crippen LogP contribution is -2.26. The van der Waals surface area contributed by atoms with Crippen LogP contribution in [-0.2, 0) is 11.2 Å². The second-order valence-electron chi connectivity index (χ2n) is 3.99. The van der Waals surface area contributed by atoms with E-state index in [1.807, 2.05) is 12.1 Å². The van der Waals surface area contributed by atoms with Crippen LogP contribution in [0.25, 0.3) is 0 Å². The van der Waals surface area contributed by atoms with Gasteiger partial charge in [0.2, 0.25) is 5.91 Å². The van der Waals surface area contributed by atoms with E-state index in [4.69, 9.17) is 10.8 Å². The highest BCUT2D eigenvalue weighted by molar-refractivity contribution is 5.83. The van der Waals surface area contributed by atoms with Crippen molar-refractivity contribution < 1.29 is 9.90 Å². The number of hydrogen-bond donors (Lipinski definition) is 2. The standard InChI is InChI=1S/C11H13NO2/c12-10(14)11(5-6-11)7-8-1-3-9(13)4-2-8/h1-4,13H,5-7H2,(H2,12,14). The molecule has 0 spiro atoms. The predicted molar refractivity (Wildman–Crippen MR) is 52.7 cm³/mol. The highest BCUT2D eigenvalue weighted by atomic mass is 16.3. The third kappa shape index (κ3) is 1.58. The Kier molecular flexibility index (Phi) is 1.95. The number of hydrogen-bond acceptors (Lipinski definition) is 2. The maximum absolute atomic E-state index is 11.1. The molecule has 0 aliphatic heterocycles. The first kappa shape index (κ1) is 9.06. The fourth-order valence-electron chi connectivity index (χ4n) is 1.67. The van der Waals surface area contributed by atoms with Crippen molar-refractivity contribution in [3.05, 3.63) is 29.8 Å². The zero-order valence-corrected chi connectivity index (χ0v) is 7.86. The summed E-state index contributed by atoms with van der Waals surface area (Å²) in [5.74, 6) is 0.0447. The minimum atomic E-state index is -0.295. The van der Waals surface area contributed by atoms with Crippen LogP contribution in [0.5, 0.6) is 5.75 Å². The summed E-state index contributed by atoms with van der Waals surface area (Å²) in [7, 11) is 0. The molecule has 1 saturated carbocycles. The monoisotopic (exact) mass is 191 g/mol. The fourth-order valence-corrected chi connectivity index (χ4v) is 1.67. The molecule has 0 radical (unpaired) electrons. The van der Waals surface area contributed by atoms with E-state index in [0.717, 1.165) is 18.4 Å². The molecule has 1 aliphatic carbocycles. The summed E-state index contributed by atoms with van der Waals surface area (Å²) < 4.78 is 0. The highest BCUT2D eigenvalue weighted by Gasteiger charge is 2.48. The van der Waals surface area contributed by atoms with Gasteiger partial charge in [-0.1, -0.05) is 12.1 Å². The zero-order valence-electron chi connectivity index (χ0n) is 7.86. The molecule has 1 aromatic carbocycles. The number of phenols is 1. The maximum Gasteiger partial charge on any atom is 0.223 e. The molecule has 3 heteroatoms. The van der Waals surface area contributed by atoms with Crippen molar-refractivity contribution in [3.63, 3.8) is 0 Å². The molecule has 0 atom stereocenters. The molecule has 1 amide bonds. The smallest absolute Gasteiger partial charge is 0.223 e. The molecular weight excluding hydrogens is 178 g/mol. The van der Waals surface area contributed by atoms with Crippen LogP contribution in [0.2, 0.25) is 0 Å². The molecule has 1 fully saturated rings. The molecule has 74 valence electrons. The largest absolute Gasteiger partial charge is 0.508 e. The quantitative estimate of drug-likeness (QED) is 0.754. The third-order valence-electron chi connectivity index (χ3n) is 2.86. The molecule has 14 heavy (non-hydrogen) atoms. The molecule has 2 rings (SSSR count). The number of rotatable bonds is 3. The summed E-state index contributed by atoms with van der Waals surface area (Å²) >= 11 is 0. The third-order valence-corrected chi connectivity index (χ3v) is 2.86. The van der Waals surface area contributed by atoms with Crippen molar-refractivity contribution in [2.75, 3.05) is 0 Å². The topological polar surface area (TPSA) is 63.3 Å². The summed E-state index contributed by atoms with van der Waals surface area (Å²) in [5, 5.41) is 9.09. The molecule has 1 aromatic rings. The first-order valence-corrected chi connectivity index (χ1v) is 4.70. The minimum Gasteiger partial charge on any atom is -0.508 e. The van der Waals surface area contributed by atoms with Gasteiger partial charge in [-0.15, -0.1) is 0 Å². The number of nitrogens with two attached hydrogens (primary N) is 1. The summed E-state index contributed by atoms with van der Waals surface area (Å²) in [6, 6.07) is 6.93. The van der Waals surface area contributed by atoms with Gasteiger partial charge in [0.25, 0.3) is 0 Å². The second-order valence-corrected chi connectivity index (χ2v) is 3.99. The second kappa shape index (κ2) is 3.01. The van der Waals surface area contributed by atoms with E-state index < -0.39 is 0 Å². The van der Waals surface area contributed by atoms with Gasteiger partial charge in [-0.3, -0.25) is 4.79 Å². The Morgan fingerprint density at radius 3 is 2.36 bits per heavy atom.